The van der Waals surface area contributed by atoms with Crippen molar-refractivity contribution in [3.8, 4) is 0 Å². The highest BCUT2D eigenvalue weighted by Crippen LogP contribution is 2.44. The molecule has 12 aliphatic heterocycles. The zero-order valence-electron chi connectivity index (χ0n) is 86.3. The quantitative estimate of drug-likeness (QED) is 0.0131. The van der Waals surface area contributed by atoms with Gasteiger partial charge in [0.25, 0.3) is 0 Å². The number of ether oxygens (including phenoxy) is 8. The third-order valence-corrected chi connectivity index (χ3v) is 31.3. The molecule has 8 N–H and O–H groups in total. The molecule has 0 aliphatic carbocycles. The molecule has 32 heteroatoms. The van der Waals surface area contributed by atoms with Crippen LogP contribution in [0.3, 0.4) is 0 Å². The number of benzene rings is 4. The number of halogens is 4. The number of likely N-dealkylation sites (tertiary alicyclic amines) is 4. The number of fused-ring (bicyclic) bond motifs is 4. The van der Waals surface area contributed by atoms with E-state index in [9.17, 15) is 57.2 Å². The second-order valence-electron chi connectivity index (χ2n) is 42.4. The van der Waals surface area contributed by atoms with Crippen LogP contribution in [0.1, 0.15) is 319 Å². The minimum absolute atomic E-state index is 0.0177. The number of hydrogen-bond acceptors (Lipinski definition) is 24. The number of rotatable bonds is 40. The van der Waals surface area contributed by atoms with Crippen molar-refractivity contribution in [1.29, 1.82) is 0 Å². The van der Waals surface area contributed by atoms with Gasteiger partial charge in [0.05, 0.1) is 48.8 Å². The van der Waals surface area contributed by atoms with E-state index in [0.29, 0.717) is 146 Å². The summed E-state index contributed by atoms with van der Waals surface area (Å²) in [4.78, 5) is 76.3. The summed E-state index contributed by atoms with van der Waals surface area (Å²) in [5.74, 6) is -1.41. The lowest BCUT2D eigenvalue weighted by atomic mass is 9.92. The second-order valence-corrected chi connectivity index (χ2v) is 42.4. The van der Waals surface area contributed by atoms with Gasteiger partial charge in [-0.15, -0.1) is 0 Å². The summed E-state index contributed by atoms with van der Waals surface area (Å²) in [7, 11) is 0. The van der Waals surface area contributed by atoms with Gasteiger partial charge in [-0.25, -0.2) is 37.5 Å². The molecular weight excluding hydrogens is 1890 g/mol. The maximum absolute atomic E-state index is 14.3. The van der Waals surface area contributed by atoms with Crippen LogP contribution < -0.4 is 21.3 Å². The third-order valence-electron chi connectivity index (χ3n) is 31.3. The first kappa shape index (κ1) is 109. The summed E-state index contributed by atoms with van der Waals surface area (Å²) < 4.78 is 105. The van der Waals surface area contributed by atoms with Gasteiger partial charge in [-0.2, -0.15) is 0 Å². The van der Waals surface area contributed by atoms with Gasteiger partial charge in [-0.05, 0) is 372 Å². The molecule has 16 heterocycles. The summed E-state index contributed by atoms with van der Waals surface area (Å²) in [6, 6.07) is 32.9. The number of anilines is 4. The predicted molar refractivity (Wildman–Crippen MR) is 557 cm³/mol. The Morgan fingerprint density at radius 2 is 0.601 bits per heavy atom. The maximum atomic E-state index is 14.3. The van der Waals surface area contributed by atoms with E-state index >= 15 is 0 Å². The molecule has 0 saturated carbocycles. The van der Waals surface area contributed by atoms with Gasteiger partial charge < -0.3 is 79.6 Å². The summed E-state index contributed by atoms with van der Waals surface area (Å²) in [5, 5.41) is 54.4. The predicted octanol–water partition coefficient (Wildman–Crippen LogP) is 20.2. The molecule has 4 aromatic heterocycles. The molecule has 28 nitrogen and oxygen atoms in total. The fourth-order valence-electron chi connectivity index (χ4n) is 23.4. The van der Waals surface area contributed by atoms with E-state index in [4.69, 9.17) is 57.8 Å². The van der Waals surface area contributed by atoms with Gasteiger partial charge >= 0.3 is 23.9 Å². The molecule has 0 radical (unpaired) electrons. The molecule has 12 aliphatic rings. The standard InChI is InChI=1S/4C29H38FN3O4/c3*1-19-7-8-20-9-11-22(32-28(20)31-19)5-2-3-15-36-23-13-14-33(18-23)27(29(34)35)25-17-21(30)10-12-24(25)26-6-4-16-37-26;30-21-10-12-24(26-8-2-4-17-37-26)25(18-21)27(29(34)35)33-15-13-23(19-33)36-16-3-1-7-22-11-9-20-6-5-14-31-28(20)32-22/h3*9-12,17,19,23,26-27H,2-8,13-16,18H2,1H3,(H,31,32)(H,34,35);9-12,18,23,26-27H,1-8,13-17,19H2,(H,31,32)(H,34,35)/t19-,23+,26-,27+;19-,23-,26+,27+;19-,23-,26+,27-;23-,26+,27+/m0110/s1. The van der Waals surface area contributed by atoms with E-state index in [-0.39, 0.29) is 48.8 Å². The van der Waals surface area contributed by atoms with E-state index in [2.05, 4.69) is 90.6 Å². The minimum Gasteiger partial charge on any atom is -0.480 e. The molecule has 0 amide bonds. The van der Waals surface area contributed by atoms with E-state index in [1.165, 1.54) is 70.8 Å². The topological polar surface area (TPSA) is 336 Å². The maximum Gasteiger partial charge on any atom is 0.325 e. The molecule has 148 heavy (non-hydrogen) atoms. The monoisotopic (exact) mass is 2050 g/mol. The molecule has 8 aromatic rings. The number of aliphatic carboxylic acids is 4. The fraction of sp³-hybridized carbons (Fsp3) is 0.586. The summed E-state index contributed by atoms with van der Waals surface area (Å²) in [6.07, 6.45) is 30.7. The Kier molecular flexibility index (Phi) is 39.5. The van der Waals surface area contributed by atoms with Crippen LogP contribution in [0.5, 0.6) is 0 Å². The van der Waals surface area contributed by atoms with Gasteiger partial charge in [0.2, 0.25) is 0 Å². The molecule has 800 valence electrons. The largest absolute Gasteiger partial charge is 0.480 e. The number of nitrogens with zero attached hydrogens (tertiary/aromatic N) is 8. The van der Waals surface area contributed by atoms with Gasteiger partial charge in [-0.1, -0.05) is 48.5 Å². The molecule has 0 spiro atoms. The lowest BCUT2D eigenvalue weighted by molar-refractivity contribution is -0.144. The van der Waals surface area contributed by atoms with Crippen LogP contribution in [0.4, 0.5) is 40.8 Å². The highest BCUT2D eigenvalue weighted by atomic mass is 19.1. The van der Waals surface area contributed by atoms with Crippen molar-refractivity contribution in [3.05, 3.63) is 234 Å². The number of unbranched alkanes of at least 4 members (excludes halogenated alkanes) is 4. The lowest BCUT2D eigenvalue weighted by Crippen LogP contribution is -2.34. The van der Waals surface area contributed by atoms with Crippen LogP contribution in [0.15, 0.2) is 121 Å². The van der Waals surface area contributed by atoms with E-state index in [1.54, 1.807) is 24.3 Å². The number of carbonyl (C=O) groups is 4. The Hall–Kier alpha value is -10.2. The van der Waals surface area contributed by atoms with Gasteiger partial charge in [-0.3, -0.25) is 38.8 Å². The smallest absolute Gasteiger partial charge is 0.325 e. The lowest BCUT2D eigenvalue weighted by Gasteiger charge is -2.30. The van der Waals surface area contributed by atoms with Gasteiger partial charge in [0.15, 0.2) is 0 Å². The number of carboxylic acids is 4. The zero-order valence-corrected chi connectivity index (χ0v) is 86.3. The number of nitrogens with one attached hydrogen (secondary N) is 4. The molecule has 15 atom stereocenters. The van der Waals surface area contributed by atoms with Crippen LogP contribution in [-0.4, -0.2) is 238 Å². The average Bonchev–Trinajstić information content (AvgIpc) is 1.54. The Labute approximate surface area is 868 Å². The minimum atomic E-state index is -0.966. The van der Waals surface area contributed by atoms with Crippen molar-refractivity contribution in [2.75, 3.05) is 133 Å². The van der Waals surface area contributed by atoms with Crippen LogP contribution >= 0.6 is 0 Å². The Morgan fingerprint density at radius 1 is 0.331 bits per heavy atom. The van der Waals surface area contributed by atoms with Crippen LogP contribution in [0.25, 0.3) is 0 Å². The first-order chi connectivity index (χ1) is 72.0. The molecular formula is C116H152F4N12O16. The van der Waals surface area contributed by atoms with Crippen molar-refractivity contribution in [2.24, 2.45) is 0 Å². The van der Waals surface area contributed by atoms with Crippen molar-refractivity contribution in [3.63, 3.8) is 0 Å². The SMILES string of the molecule is C[C@@H]1CCc2ccc(CCCCO[C@@H]3CCN([C@@H](C(=O)O)c4cc(F)ccc4[C@@H]4CCCO4)C3)nc2N1.C[C@@H]1CCc2ccc(CCCCO[C@@H]3CCN([C@H](C(=O)O)c4cc(F)ccc4[C@@H]4CCCO4)C3)nc2N1.C[C@H]1CCc2ccc(CCCCO[C@@H]3CCN([C@@H](C(=O)O)c4cc(F)ccc4[C@@H]4CCCO4)C3)nc2N1.O=C(O)[C@@H](c1cc(F)ccc1[C@H]1CCCCO1)N1CC[C@H](OCCCCc2ccc3c(n2)NCCC3)C1. The van der Waals surface area contributed by atoms with Crippen LogP contribution in [0, 0.1) is 23.3 Å². The second kappa shape index (κ2) is 53.7. The molecule has 8 saturated heterocycles. The van der Waals surface area contributed by atoms with E-state index in [0.717, 1.165) is 287 Å². The highest BCUT2D eigenvalue weighted by Gasteiger charge is 2.43. The molecule has 0 unspecified atom stereocenters. The van der Waals surface area contributed by atoms with E-state index < -0.39 is 71.3 Å². The Morgan fingerprint density at radius 3 is 0.865 bits per heavy atom. The average molecular weight is 2050 g/mol. The summed E-state index contributed by atoms with van der Waals surface area (Å²) in [5.41, 5.74) is 14.8. The molecule has 4 aromatic carbocycles. The van der Waals surface area contributed by atoms with Crippen molar-refractivity contribution in [1.82, 2.24) is 39.5 Å². The third kappa shape index (κ3) is 29.6. The first-order valence-electron chi connectivity index (χ1n) is 55.0. The summed E-state index contributed by atoms with van der Waals surface area (Å²) in [6.45, 7) is 17.2. The normalized spacial score (nSPS) is 24.1. The van der Waals surface area contributed by atoms with Gasteiger partial charge in [0, 0.05) is 153 Å². The molecule has 8 fully saturated rings. The Bertz CT molecular complexity index is 5310. The fourth-order valence-corrected chi connectivity index (χ4v) is 23.4. The van der Waals surface area contributed by atoms with Crippen molar-refractivity contribution >= 4 is 47.1 Å². The number of aryl methyl sites for hydroxylation is 8. The number of hydrogen-bond donors (Lipinski definition) is 8. The number of carboxylic acid groups (broad SMARTS) is 4. The number of aromatic nitrogens is 4. The highest BCUT2D eigenvalue weighted by molar-refractivity contribution is 5.79. The Balaban J connectivity index is 0.000000135. The molecule has 0 bridgehead atoms. The van der Waals surface area contributed by atoms with Gasteiger partial charge in [0.1, 0.15) is 70.7 Å². The van der Waals surface area contributed by atoms with Crippen LogP contribution in [-0.2, 0) is 108 Å². The van der Waals surface area contributed by atoms with E-state index in [1.807, 2.05) is 19.6 Å². The zero-order chi connectivity index (χ0) is 103. The van der Waals surface area contributed by atoms with Crippen molar-refractivity contribution in [2.45, 2.75) is 324 Å². The van der Waals surface area contributed by atoms with Crippen LogP contribution in [0.2, 0.25) is 0 Å². The number of pyridine rings is 4. The first-order valence-corrected chi connectivity index (χ1v) is 55.0. The summed E-state index contributed by atoms with van der Waals surface area (Å²) >= 11 is 0. The molecule has 20 rings (SSSR count). The van der Waals surface area contributed by atoms with Crippen molar-refractivity contribution < 1.29 is 95.1 Å².